The largest absolute Gasteiger partial charge is 0.481 e. The van der Waals surface area contributed by atoms with Gasteiger partial charge in [-0.05, 0) is 53.6 Å². The second-order valence-corrected chi connectivity index (χ2v) is 7.27. The number of hydrogen-bond acceptors (Lipinski definition) is 4. The third-order valence-corrected chi connectivity index (χ3v) is 5.09. The van der Waals surface area contributed by atoms with E-state index in [4.69, 9.17) is 16.7 Å². The third kappa shape index (κ3) is 3.35. The van der Waals surface area contributed by atoms with E-state index >= 15 is 0 Å². The van der Waals surface area contributed by atoms with Crippen LogP contribution in [0, 0.1) is 3.57 Å². The average Bonchev–Trinajstić information content (AvgIpc) is 3.18. The second kappa shape index (κ2) is 6.13. The van der Waals surface area contributed by atoms with Crippen LogP contribution in [-0.4, -0.2) is 31.6 Å². The number of halogens is 2. The van der Waals surface area contributed by atoms with Crippen molar-refractivity contribution in [2.75, 3.05) is 5.75 Å². The summed E-state index contributed by atoms with van der Waals surface area (Å²) in [5.41, 5.74) is 0.944. The molecule has 0 aliphatic heterocycles. The van der Waals surface area contributed by atoms with Gasteiger partial charge in [-0.15, -0.1) is 10.2 Å². The smallest absolute Gasteiger partial charge is 0.313 e. The molecule has 110 valence electrons. The van der Waals surface area contributed by atoms with Crippen molar-refractivity contribution in [1.82, 2.24) is 14.8 Å². The molecule has 0 atom stereocenters. The van der Waals surface area contributed by atoms with Crippen LogP contribution >= 0.6 is 46.0 Å². The van der Waals surface area contributed by atoms with Crippen molar-refractivity contribution in [3.05, 3.63) is 32.6 Å². The lowest BCUT2D eigenvalue weighted by Gasteiger charge is -2.11. The molecule has 1 saturated carbocycles. The number of rotatable bonds is 5. The maximum atomic E-state index is 10.8. The van der Waals surface area contributed by atoms with E-state index in [9.17, 15) is 4.79 Å². The molecule has 1 aromatic heterocycles. The normalized spacial score (nSPS) is 14.4. The van der Waals surface area contributed by atoms with Gasteiger partial charge in [-0.2, -0.15) is 0 Å². The Morgan fingerprint density at radius 3 is 2.86 bits per heavy atom. The number of nitrogens with zero attached hydrogens (tertiary/aromatic N) is 3. The van der Waals surface area contributed by atoms with Crippen LogP contribution in [0.15, 0.2) is 23.4 Å². The quantitative estimate of drug-likeness (QED) is 0.574. The van der Waals surface area contributed by atoms with Gasteiger partial charge in [0, 0.05) is 14.5 Å². The van der Waals surface area contributed by atoms with E-state index in [1.807, 2.05) is 22.8 Å². The van der Waals surface area contributed by atoms with E-state index in [0.29, 0.717) is 16.1 Å². The molecule has 5 nitrogen and oxygen atoms in total. The van der Waals surface area contributed by atoms with Crippen molar-refractivity contribution in [3.8, 4) is 5.69 Å². The molecular weight excluding hydrogens is 425 g/mol. The monoisotopic (exact) mass is 435 g/mol. The summed E-state index contributed by atoms with van der Waals surface area (Å²) in [5, 5.41) is 18.6. The molecule has 0 spiro atoms. The van der Waals surface area contributed by atoms with E-state index in [1.54, 1.807) is 0 Å². The number of carboxylic acid groups (broad SMARTS) is 1. The Morgan fingerprint density at radius 1 is 1.48 bits per heavy atom. The molecule has 1 aliphatic rings. The van der Waals surface area contributed by atoms with Crippen LogP contribution in [0.3, 0.4) is 0 Å². The average molecular weight is 436 g/mol. The molecule has 1 N–H and O–H groups in total. The first-order chi connectivity index (χ1) is 10.1. The molecule has 1 fully saturated rings. The molecule has 0 saturated heterocycles. The summed E-state index contributed by atoms with van der Waals surface area (Å²) >= 11 is 9.41. The van der Waals surface area contributed by atoms with Crippen molar-refractivity contribution in [1.29, 1.82) is 0 Å². The van der Waals surface area contributed by atoms with E-state index in [2.05, 4.69) is 32.8 Å². The van der Waals surface area contributed by atoms with Crippen molar-refractivity contribution < 1.29 is 9.90 Å². The molecule has 0 unspecified atom stereocenters. The summed E-state index contributed by atoms with van der Waals surface area (Å²) < 4.78 is 2.95. The lowest BCUT2D eigenvalue weighted by molar-refractivity contribution is -0.133. The lowest BCUT2D eigenvalue weighted by atomic mass is 10.3. The van der Waals surface area contributed by atoms with Gasteiger partial charge < -0.3 is 5.11 Å². The minimum atomic E-state index is -0.867. The van der Waals surface area contributed by atoms with Crippen molar-refractivity contribution in [2.45, 2.75) is 23.9 Å². The summed E-state index contributed by atoms with van der Waals surface area (Å²) in [4.78, 5) is 10.8. The highest BCUT2D eigenvalue weighted by Gasteiger charge is 2.31. The van der Waals surface area contributed by atoms with E-state index < -0.39 is 5.97 Å². The predicted molar refractivity (Wildman–Crippen MR) is 89.4 cm³/mol. The van der Waals surface area contributed by atoms with Crippen LogP contribution in [0.2, 0.25) is 5.02 Å². The molecule has 2 aromatic rings. The Hall–Kier alpha value is -0.800. The van der Waals surface area contributed by atoms with Gasteiger partial charge in [0.2, 0.25) is 0 Å². The molecule has 0 bridgehead atoms. The number of carboxylic acids is 1. The van der Waals surface area contributed by atoms with Crippen LogP contribution < -0.4 is 0 Å². The van der Waals surface area contributed by atoms with Gasteiger partial charge in [-0.1, -0.05) is 23.4 Å². The Labute approximate surface area is 144 Å². The highest BCUT2D eigenvalue weighted by Crippen LogP contribution is 2.41. The number of aromatic nitrogens is 3. The third-order valence-electron chi connectivity index (χ3n) is 3.08. The van der Waals surface area contributed by atoms with Gasteiger partial charge in [-0.25, -0.2) is 0 Å². The SMILES string of the molecule is O=C(O)CSc1nnc(C2CC2)n1-c1ccc(Cl)cc1I. The van der Waals surface area contributed by atoms with E-state index in [1.165, 1.54) is 11.8 Å². The van der Waals surface area contributed by atoms with Gasteiger partial charge >= 0.3 is 5.97 Å². The van der Waals surface area contributed by atoms with Crippen LogP contribution in [0.1, 0.15) is 24.6 Å². The first-order valence-corrected chi connectivity index (χ1v) is 8.76. The Kier molecular flexibility index (Phi) is 4.41. The number of benzene rings is 1. The highest BCUT2D eigenvalue weighted by molar-refractivity contribution is 14.1. The molecule has 8 heteroatoms. The minimum Gasteiger partial charge on any atom is -0.481 e. The number of carbonyl (C=O) groups is 1. The van der Waals surface area contributed by atoms with Crippen LogP contribution in [0.5, 0.6) is 0 Å². The minimum absolute atomic E-state index is 0.0348. The zero-order chi connectivity index (χ0) is 15.0. The zero-order valence-corrected chi connectivity index (χ0v) is 14.5. The molecule has 1 aliphatic carbocycles. The lowest BCUT2D eigenvalue weighted by Crippen LogP contribution is -2.05. The standard InChI is InChI=1S/C13H11ClIN3O2S/c14-8-3-4-10(9(15)5-8)18-12(7-1-2-7)16-17-13(18)21-6-11(19)20/h3-5,7H,1-2,6H2,(H,19,20). The summed E-state index contributed by atoms with van der Waals surface area (Å²) in [6.45, 7) is 0. The molecule has 21 heavy (non-hydrogen) atoms. The van der Waals surface area contributed by atoms with Crippen molar-refractivity contribution >= 4 is 51.9 Å². The van der Waals surface area contributed by atoms with Crippen LogP contribution in [0.4, 0.5) is 0 Å². The Bertz CT molecular complexity index is 703. The number of hydrogen-bond donors (Lipinski definition) is 1. The topological polar surface area (TPSA) is 68.0 Å². The Morgan fingerprint density at radius 2 is 2.24 bits per heavy atom. The molecule has 0 amide bonds. The molecule has 3 rings (SSSR count). The summed E-state index contributed by atoms with van der Waals surface area (Å²) in [5.74, 6) is 0.423. The first-order valence-electron chi connectivity index (χ1n) is 6.31. The van der Waals surface area contributed by atoms with E-state index in [-0.39, 0.29) is 5.75 Å². The summed E-state index contributed by atoms with van der Waals surface area (Å²) in [6, 6.07) is 5.62. The zero-order valence-electron chi connectivity index (χ0n) is 10.8. The molecule has 1 aromatic carbocycles. The number of thioether (sulfide) groups is 1. The van der Waals surface area contributed by atoms with Gasteiger partial charge in [0.1, 0.15) is 5.82 Å². The van der Waals surface area contributed by atoms with Crippen molar-refractivity contribution in [2.24, 2.45) is 0 Å². The fraction of sp³-hybridized carbons (Fsp3) is 0.308. The van der Waals surface area contributed by atoms with Gasteiger partial charge in [0.05, 0.1) is 11.4 Å². The highest BCUT2D eigenvalue weighted by atomic mass is 127. The molecule has 1 heterocycles. The Balaban J connectivity index is 2.05. The maximum absolute atomic E-state index is 10.8. The van der Waals surface area contributed by atoms with Crippen LogP contribution in [0.25, 0.3) is 5.69 Å². The molecular formula is C13H11ClIN3O2S. The van der Waals surface area contributed by atoms with Gasteiger partial charge in [0.25, 0.3) is 0 Å². The van der Waals surface area contributed by atoms with Gasteiger partial charge in [-0.3, -0.25) is 9.36 Å². The first kappa shape index (κ1) is 15.1. The fourth-order valence-corrected chi connectivity index (χ4v) is 3.78. The summed E-state index contributed by atoms with van der Waals surface area (Å²) in [6.07, 6.45) is 2.21. The van der Waals surface area contributed by atoms with Crippen LogP contribution in [-0.2, 0) is 4.79 Å². The van der Waals surface area contributed by atoms with Crippen molar-refractivity contribution in [3.63, 3.8) is 0 Å². The van der Waals surface area contributed by atoms with Gasteiger partial charge in [0.15, 0.2) is 5.16 Å². The maximum Gasteiger partial charge on any atom is 0.313 e. The predicted octanol–water partition coefficient (Wildman–Crippen LogP) is 3.58. The van der Waals surface area contributed by atoms with E-state index in [0.717, 1.165) is 27.9 Å². The fourth-order valence-electron chi connectivity index (χ4n) is 2.00. The second-order valence-electron chi connectivity index (χ2n) is 4.73. The number of aliphatic carboxylic acids is 1. The summed E-state index contributed by atoms with van der Waals surface area (Å²) in [7, 11) is 0. The molecule has 0 radical (unpaired) electrons.